The zero-order chi connectivity index (χ0) is 16.8. The summed E-state index contributed by atoms with van der Waals surface area (Å²) >= 11 is 3.18. The minimum absolute atomic E-state index is 0.0196. The van der Waals surface area contributed by atoms with Crippen LogP contribution in [0.5, 0.6) is 0 Å². The minimum atomic E-state index is 0.0196. The van der Waals surface area contributed by atoms with Gasteiger partial charge in [-0.25, -0.2) is 4.98 Å². The van der Waals surface area contributed by atoms with Gasteiger partial charge in [-0.1, -0.05) is 6.07 Å². The Bertz CT molecular complexity index is 647. The number of likely N-dealkylation sites (tertiary alicyclic amines) is 1. The first kappa shape index (κ1) is 17.1. The Morgan fingerprint density at radius 3 is 2.83 bits per heavy atom. The molecule has 1 N–H and O–H groups in total. The van der Waals surface area contributed by atoms with Crippen LogP contribution in [-0.2, 0) is 22.4 Å². The predicted octanol–water partition coefficient (Wildman–Crippen LogP) is 2.34. The van der Waals surface area contributed by atoms with E-state index in [1.165, 1.54) is 0 Å². The summed E-state index contributed by atoms with van der Waals surface area (Å²) in [5, 5.41) is 6.99. The molecule has 0 bridgehead atoms. The van der Waals surface area contributed by atoms with Crippen molar-refractivity contribution in [3.05, 3.63) is 39.0 Å². The van der Waals surface area contributed by atoms with E-state index in [4.69, 9.17) is 0 Å². The number of piperidine rings is 1. The van der Waals surface area contributed by atoms with Crippen LogP contribution in [0.15, 0.2) is 28.4 Å². The predicted molar refractivity (Wildman–Crippen MR) is 96.2 cm³/mol. The summed E-state index contributed by atoms with van der Waals surface area (Å²) in [4.78, 5) is 31.7. The maximum Gasteiger partial charge on any atom is 0.227 e. The summed E-state index contributed by atoms with van der Waals surface area (Å²) in [7, 11) is 0. The van der Waals surface area contributed by atoms with Gasteiger partial charge >= 0.3 is 0 Å². The molecular formula is C17H21N3O2S2. The molecule has 0 spiro atoms. The van der Waals surface area contributed by atoms with Gasteiger partial charge in [0.05, 0.1) is 17.6 Å². The number of amides is 2. The molecule has 0 aromatic carbocycles. The highest BCUT2D eigenvalue weighted by atomic mass is 32.1. The molecule has 0 unspecified atom stereocenters. The highest BCUT2D eigenvalue weighted by Crippen LogP contribution is 2.19. The Balaban J connectivity index is 1.38. The summed E-state index contributed by atoms with van der Waals surface area (Å²) in [5.41, 5.74) is 2.83. The van der Waals surface area contributed by atoms with E-state index in [0.29, 0.717) is 26.1 Å². The molecule has 2 amide bonds. The molecule has 1 aliphatic rings. The molecular weight excluding hydrogens is 342 g/mol. The molecule has 5 nitrogen and oxygen atoms in total. The maximum absolute atomic E-state index is 12.3. The van der Waals surface area contributed by atoms with Crippen molar-refractivity contribution in [1.29, 1.82) is 0 Å². The Hall–Kier alpha value is -1.73. The lowest BCUT2D eigenvalue weighted by Gasteiger charge is -2.31. The molecule has 0 saturated carbocycles. The van der Waals surface area contributed by atoms with Gasteiger partial charge in [0.1, 0.15) is 0 Å². The van der Waals surface area contributed by atoms with E-state index < -0.39 is 0 Å². The average molecular weight is 364 g/mol. The number of carbonyl (C=O) groups is 2. The fraction of sp³-hybridized carbons (Fsp3) is 0.471. The van der Waals surface area contributed by atoms with Crippen molar-refractivity contribution in [2.45, 2.75) is 25.7 Å². The number of rotatable bonds is 6. The molecule has 1 aliphatic heterocycles. The third-order valence-corrected chi connectivity index (χ3v) is 5.80. The second kappa shape index (κ2) is 8.39. The third kappa shape index (κ3) is 4.64. The number of thiophene rings is 1. The molecule has 0 atom stereocenters. The van der Waals surface area contributed by atoms with Crippen LogP contribution in [0.25, 0.3) is 0 Å². The molecule has 1 fully saturated rings. The van der Waals surface area contributed by atoms with Crippen LogP contribution in [0.4, 0.5) is 0 Å². The zero-order valence-corrected chi connectivity index (χ0v) is 15.1. The van der Waals surface area contributed by atoms with E-state index in [1.54, 1.807) is 28.2 Å². The summed E-state index contributed by atoms with van der Waals surface area (Å²) in [6, 6.07) is 3.96. The van der Waals surface area contributed by atoms with Gasteiger partial charge in [-0.05, 0) is 24.3 Å². The Morgan fingerprint density at radius 1 is 1.33 bits per heavy atom. The van der Waals surface area contributed by atoms with Gasteiger partial charge in [-0.15, -0.1) is 22.7 Å². The normalized spacial score (nSPS) is 15.4. The van der Waals surface area contributed by atoms with E-state index in [0.717, 1.165) is 29.8 Å². The minimum Gasteiger partial charge on any atom is -0.355 e. The van der Waals surface area contributed by atoms with Crippen molar-refractivity contribution in [2.75, 3.05) is 19.6 Å². The molecule has 7 heteroatoms. The van der Waals surface area contributed by atoms with Crippen molar-refractivity contribution >= 4 is 34.5 Å². The van der Waals surface area contributed by atoms with E-state index in [-0.39, 0.29) is 17.7 Å². The van der Waals surface area contributed by atoms with Gasteiger partial charge in [0.25, 0.3) is 0 Å². The van der Waals surface area contributed by atoms with Gasteiger partial charge < -0.3 is 10.2 Å². The van der Waals surface area contributed by atoms with Crippen LogP contribution >= 0.6 is 22.7 Å². The highest BCUT2D eigenvalue weighted by molar-refractivity contribution is 7.10. The van der Waals surface area contributed by atoms with E-state index in [1.807, 2.05) is 27.8 Å². The summed E-state index contributed by atoms with van der Waals surface area (Å²) in [5.74, 6) is 0.293. The highest BCUT2D eigenvalue weighted by Gasteiger charge is 2.27. The van der Waals surface area contributed by atoms with Crippen molar-refractivity contribution in [3.8, 4) is 0 Å². The first-order chi connectivity index (χ1) is 11.7. The zero-order valence-electron chi connectivity index (χ0n) is 13.4. The second-order valence-electron chi connectivity index (χ2n) is 5.93. The lowest BCUT2D eigenvalue weighted by atomic mass is 9.95. The number of thiazole rings is 1. The van der Waals surface area contributed by atoms with Crippen molar-refractivity contribution in [2.24, 2.45) is 5.92 Å². The van der Waals surface area contributed by atoms with Gasteiger partial charge in [0.2, 0.25) is 11.8 Å². The second-order valence-corrected chi connectivity index (χ2v) is 7.68. The fourth-order valence-corrected chi connectivity index (χ4v) is 4.17. The molecule has 2 aromatic rings. The number of nitrogens with zero attached hydrogens (tertiary/aromatic N) is 2. The molecule has 0 aliphatic carbocycles. The van der Waals surface area contributed by atoms with Gasteiger partial charge in [0, 0.05) is 42.2 Å². The van der Waals surface area contributed by atoms with Crippen LogP contribution < -0.4 is 5.32 Å². The molecule has 1 saturated heterocycles. The number of carbonyl (C=O) groups excluding carboxylic acids is 2. The topological polar surface area (TPSA) is 62.3 Å². The summed E-state index contributed by atoms with van der Waals surface area (Å²) in [6.07, 6.45) is 2.74. The monoisotopic (exact) mass is 363 g/mol. The third-order valence-electron chi connectivity index (χ3n) is 4.29. The number of hydrogen-bond acceptors (Lipinski definition) is 5. The van der Waals surface area contributed by atoms with Gasteiger partial charge in [0.15, 0.2) is 0 Å². The van der Waals surface area contributed by atoms with E-state index in [2.05, 4.69) is 10.3 Å². The van der Waals surface area contributed by atoms with Crippen LogP contribution in [0.2, 0.25) is 0 Å². The molecule has 0 radical (unpaired) electrons. The molecule has 128 valence electrons. The molecule has 3 rings (SSSR count). The van der Waals surface area contributed by atoms with Crippen LogP contribution in [0, 0.1) is 5.92 Å². The van der Waals surface area contributed by atoms with Gasteiger partial charge in [-0.2, -0.15) is 0 Å². The molecule has 3 heterocycles. The number of aromatic nitrogens is 1. The first-order valence-corrected chi connectivity index (χ1v) is 9.99. The number of hydrogen-bond donors (Lipinski definition) is 1. The van der Waals surface area contributed by atoms with E-state index >= 15 is 0 Å². The van der Waals surface area contributed by atoms with Crippen molar-refractivity contribution < 1.29 is 9.59 Å². The smallest absolute Gasteiger partial charge is 0.227 e. The Kier molecular flexibility index (Phi) is 5.98. The van der Waals surface area contributed by atoms with E-state index in [9.17, 15) is 9.59 Å². The maximum atomic E-state index is 12.3. The van der Waals surface area contributed by atoms with Crippen LogP contribution in [0.1, 0.15) is 23.4 Å². The lowest BCUT2D eigenvalue weighted by molar-refractivity contribution is -0.135. The number of nitrogens with one attached hydrogen (secondary N) is 1. The largest absolute Gasteiger partial charge is 0.355 e. The van der Waals surface area contributed by atoms with Crippen LogP contribution in [-0.4, -0.2) is 41.3 Å². The van der Waals surface area contributed by atoms with Gasteiger partial charge in [-0.3, -0.25) is 9.59 Å². The van der Waals surface area contributed by atoms with Crippen molar-refractivity contribution in [1.82, 2.24) is 15.2 Å². The lowest BCUT2D eigenvalue weighted by Crippen LogP contribution is -2.43. The first-order valence-electron chi connectivity index (χ1n) is 8.17. The SMILES string of the molecule is O=C(NCCc1cscn1)C1CCN(C(=O)Cc2cccs2)CC1. The molecule has 24 heavy (non-hydrogen) atoms. The quantitative estimate of drug-likeness (QED) is 0.857. The summed E-state index contributed by atoms with van der Waals surface area (Å²) < 4.78 is 0. The standard InChI is InChI=1S/C17H21N3O2S2/c21-16(10-15-2-1-9-24-15)20-7-4-13(5-8-20)17(22)18-6-3-14-11-23-12-19-14/h1-2,9,11-13H,3-8,10H2,(H,18,22). The Labute approximate surface area is 149 Å². The Morgan fingerprint density at radius 2 is 2.17 bits per heavy atom. The average Bonchev–Trinajstić information content (AvgIpc) is 3.29. The fourth-order valence-electron chi connectivity index (χ4n) is 2.88. The van der Waals surface area contributed by atoms with Crippen LogP contribution in [0.3, 0.4) is 0 Å². The summed E-state index contributed by atoms with van der Waals surface area (Å²) in [6.45, 7) is 1.98. The molecule has 2 aromatic heterocycles. The van der Waals surface area contributed by atoms with Crippen molar-refractivity contribution in [3.63, 3.8) is 0 Å².